The van der Waals surface area contributed by atoms with Crippen molar-refractivity contribution >= 4 is 8.60 Å². The summed E-state index contributed by atoms with van der Waals surface area (Å²) < 4.78 is 12.0. The van der Waals surface area contributed by atoms with Gasteiger partial charge in [0.2, 0.25) is 0 Å². The summed E-state index contributed by atoms with van der Waals surface area (Å²) in [5, 5.41) is 0. The lowest BCUT2D eigenvalue weighted by Gasteiger charge is -2.30. The summed E-state index contributed by atoms with van der Waals surface area (Å²) in [6.45, 7) is 30.8. The van der Waals surface area contributed by atoms with E-state index in [0.717, 1.165) is 0 Å². The van der Waals surface area contributed by atoms with Gasteiger partial charge in [0.25, 0.3) is 0 Å². The minimum atomic E-state index is -2.15. The fourth-order valence-electron chi connectivity index (χ4n) is 4.80. The maximum Gasteiger partial charge on any atom is 0.460 e. The molecule has 3 nitrogen and oxygen atoms in total. The van der Waals surface area contributed by atoms with Crippen LogP contribution in [-0.2, 0) is 21.7 Å². The van der Waals surface area contributed by atoms with E-state index in [1.54, 1.807) is 0 Å². The number of hydrogen-bond acceptors (Lipinski definition) is 3. The van der Waals surface area contributed by atoms with Crippen LogP contribution in [0.3, 0.4) is 0 Å². The van der Waals surface area contributed by atoms with Gasteiger partial charge in [-0.25, -0.2) is 0 Å². The highest BCUT2D eigenvalue weighted by molar-refractivity contribution is 7.41. The molecule has 0 bridgehead atoms. The van der Waals surface area contributed by atoms with Crippen LogP contribution in [0.4, 0.5) is 0 Å². The molecule has 2 aromatic carbocycles. The Bertz CT molecular complexity index is 871. The molecule has 0 saturated carbocycles. The largest absolute Gasteiger partial charge is 0.460 e. The summed E-state index contributed by atoms with van der Waals surface area (Å²) in [5.41, 5.74) is 7.28. The molecule has 0 radical (unpaired) electrons. The lowest BCUT2D eigenvalue weighted by Crippen LogP contribution is -2.20. The van der Waals surface area contributed by atoms with Crippen LogP contribution in [0.15, 0.2) is 24.3 Å². The highest BCUT2D eigenvalue weighted by Gasteiger charge is 2.28. The smallest absolute Gasteiger partial charge is 0.418 e. The molecule has 4 heteroatoms. The van der Waals surface area contributed by atoms with Crippen LogP contribution in [0.5, 0.6) is 11.5 Å². The summed E-state index contributed by atoms with van der Waals surface area (Å²) in [5.74, 6) is 1.29. The van der Waals surface area contributed by atoms with Gasteiger partial charge >= 0.3 is 8.60 Å². The van der Waals surface area contributed by atoms with Gasteiger partial charge in [-0.1, -0.05) is 83.1 Å². The van der Waals surface area contributed by atoms with Crippen LogP contribution in [0.1, 0.15) is 116 Å². The number of hydrogen-bond donors (Lipinski definition) is 1. The minimum absolute atomic E-state index is 0.0390. The van der Waals surface area contributed by atoms with E-state index in [4.69, 9.17) is 9.05 Å². The third-order valence-corrected chi connectivity index (χ3v) is 7.10. The van der Waals surface area contributed by atoms with Crippen LogP contribution in [0.25, 0.3) is 0 Å². The van der Waals surface area contributed by atoms with Crippen molar-refractivity contribution < 1.29 is 13.9 Å². The fraction of sp³-hybridized carbons (Fsp3) is 0.600. The van der Waals surface area contributed by atoms with Crippen molar-refractivity contribution in [3.63, 3.8) is 0 Å². The average molecular weight is 487 g/mol. The van der Waals surface area contributed by atoms with Gasteiger partial charge in [-0.3, -0.25) is 0 Å². The predicted octanol–water partition coefficient (Wildman–Crippen LogP) is 9.17. The summed E-state index contributed by atoms with van der Waals surface area (Å²) in [7, 11) is -2.15. The topological polar surface area (TPSA) is 38.7 Å². The summed E-state index contributed by atoms with van der Waals surface area (Å²) in [4.78, 5) is 10.9. The molecular formula is C30H47O3P. The van der Waals surface area contributed by atoms with E-state index < -0.39 is 8.60 Å². The van der Waals surface area contributed by atoms with Gasteiger partial charge in [-0.05, 0) is 93.2 Å². The molecule has 1 N–H and O–H groups in total. The van der Waals surface area contributed by atoms with Crippen molar-refractivity contribution in [1.82, 2.24) is 0 Å². The second kappa shape index (κ2) is 9.47. The molecule has 0 saturated heterocycles. The zero-order valence-corrected chi connectivity index (χ0v) is 24.9. The molecule has 0 spiro atoms. The molecule has 34 heavy (non-hydrogen) atoms. The van der Waals surface area contributed by atoms with Crippen LogP contribution < -0.4 is 9.05 Å². The Balaban J connectivity index is 2.48. The van der Waals surface area contributed by atoms with Crippen LogP contribution in [-0.4, -0.2) is 4.89 Å². The number of rotatable bonds is 4. The van der Waals surface area contributed by atoms with Crippen LogP contribution in [0.2, 0.25) is 0 Å². The maximum atomic E-state index is 10.9. The minimum Gasteiger partial charge on any atom is -0.418 e. The molecule has 2 rings (SSSR count). The lowest BCUT2D eigenvalue weighted by atomic mass is 9.76. The first kappa shape index (κ1) is 28.7. The van der Waals surface area contributed by atoms with Crippen LogP contribution >= 0.6 is 8.60 Å². The zero-order valence-electron chi connectivity index (χ0n) is 24.0. The van der Waals surface area contributed by atoms with Gasteiger partial charge < -0.3 is 13.9 Å². The first-order valence-corrected chi connectivity index (χ1v) is 13.4. The Hall–Kier alpha value is -1.57. The van der Waals surface area contributed by atoms with Crippen molar-refractivity contribution in [1.29, 1.82) is 0 Å². The molecule has 0 aliphatic heterocycles. The molecule has 2 aromatic rings. The van der Waals surface area contributed by atoms with E-state index in [2.05, 4.69) is 121 Å². The predicted molar refractivity (Wildman–Crippen MR) is 148 cm³/mol. The van der Waals surface area contributed by atoms with E-state index in [0.29, 0.717) is 11.5 Å². The second-order valence-electron chi connectivity index (χ2n) is 13.7. The lowest BCUT2D eigenvalue weighted by molar-refractivity contribution is 0.378. The molecule has 0 aliphatic rings. The van der Waals surface area contributed by atoms with Crippen molar-refractivity contribution in [3.8, 4) is 11.5 Å². The van der Waals surface area contributed by atoms with Crippen molar-refractivity contribution in [2.75, 3.05) is 0 Å². The summed E-state index contributed by atoms with van der Waals surface area (Å²) in [6, 6.07) is 8.21. The zero-order chi connectivity index (χ0) is 26.4. The van der Waals surface area contributed by atoms with Crippen molar-refractivity contribution in [2.45, 2.75) is 119 Å². The van der Waals surface area contributed by atoms with Gasteiger partial charge in [0, 0.05) is 0 Å². The van der Waals surface area contributed by atoms with E-state index in [1.807, 2.05) is 0 Å². The molecular weight excluding hydrogens is 439 g/mol. The fourth-order valence-corrected chi connectivity index (χ4v) is 5.40. The Morgan fingerprint density at radius 3 is 0.882 bits per heavy atom. The molecule has 0 fully saturated rings. The molecule has 0 amide bonds. The molecule has 0 heterocycles. The highest BCUT2D eigenvalue weighted by atomic mass is 31.2. The summed E-state index contributed by atoms with van der Waals surface area (Å²) in [6.07, 6.45) is 0. The average Bonchev–Trinajstić information content (AvgIpc) is 2.60. The first-order chi connectivity index (χ1) is 15.1. The van der Waals surface area contributed by atoms with Gasteiger partial charge in [0.15, 0.2) is 0 Å². The van der Waals surface area contributed by atoms with Gasteiger partial charge in [-0.2, -0.15) is 0 Å². The standard InChI is InChI=1S/C30H47O3P/c1-19-23(27(3,4)5)15-21(16-24(19)28(6,7)8)32-34(31)33-22-17-25(29(9,10)11)20(2)26(18-22)30(12,13)14/h15-18,31H,1-14H3. The SMILES string of the molecule is Cc1c(C(C)(C)C)cc(OP(O)Oc2cc(C(C)(C)C)c(C)c(C(C)(C)C)c2)cc1C(C)(C)C. The third-order valence-electron chi connectivity index (χ3n) is 6.36. The van der Waals surface area contributed by atoms with E-state index in [9.17, 15) is 4.89 Å². The Morgan fingerprint density at radius 2 is 0.706 bits per heavy atom. The maximum absolute atomic E-state index is 10.9. The Morgan fingerprint density at radius 1 is 0.500 bits per heavy atom. The Kier molecular flexibility index (Phi) is 7.99. The van der Waals surface area contributed by atoms with Crippen LogP contribution in [0, 0.1) is 13.8 Å². The van der Waals surface area contributed by atoms with E-state index >= 15 is 0 Å². The van der Waals surface area contributed by atoms with E-state index in [1.165, 1.54) is 33.4 Å². The molecule has 0 atom stereocenters. The van der Waals surface area contributed by atoms with Gasteiger partial charge in [0.1, 0.15) is 11.5 Å². The van der Waals surface area contributed by atoms with Gasteiger partial charge in [0.05, 0.1) is 0 Å². The van der Waals surface area contributed by atoms with Gasteiger partial charge in [-0.15, -0.1) is 0 Å². The number of benzene rings is 2. The molecule has 0 aromatic heterocycles. The summed E-state index contributed by atoms with van der Waals surface area (Å²) >= 11 is 0. The normalized spacial score (nSPS) is 13.4. The molecule has 0 unspecified atom stereocenters. The molecule has 0 aliphatic carbocycles. The monoisotopic (exact) mass is 486 g/mol. The van der Waals surface area contributed by atoms with Crippen molar-refractivity contribution in [2.24, 2.45) is 0 Å². The third kappa shape index (κ3) is 6.76. The quantitative estimate of drug-likeness (QED) is 0.438. The van der Waals surface area contributed by atoms with Crippen molar-refractivity contribution in [3.05, 3.63) is 57.6 Å². The Labute approximate surface area is 210 Å². The van der Waals surface area contributed by atoms with E-state index in [-0.39, 0.29) is 21.7 Å². The first-order valence-electron chi connectivity index (χ1n) is 12.3. The highest BCUT2D eigenvalue weighted by Crippen LogP contribution is 2.44. The second-order valence-corrected chi connectivity index (χ2v) is 14.5. The molecule has 190 valence electrons.